The van der Waals surface area contributed by atoms with Crippen LogP contribution in [-0.4, -0.2) is 10.9 Å². The number of hydrogen-bond acceptors (Lipinski definition) is 2. The standard InChI is InChI=1S/C18H15FN2O/c19-14-6-1-3-12(11-14)7-8-15-9-10-16(18(20)22)17(21-15)13-4-2-5-13/h1,3,6,9-11,13H,2,4-5H2,(H2,20,22). The summed E-state index contributed by atoms with van der Waals surface area (Å²) >= 11 is 0. The lowest BCUT2D eigenvalue weighted by molar-refractivity contribution is 0.0997. The molecule has 1 aromatic carbocycles. The van der Waals surface area contributed by atoms with Gasteiger partial charge in [-0.05, 0) is 49.1 Å². The molecule has 0 bridgehead atoms. The van der Waals surface area contributed by atoms with Gasteiger partial charge >= 0.3 is 0 Å². The van der Waals surface area contributed by atoms with Crippen molar-refractivity contribution < 1.29 is 9.18 Å². The molecule has 1 aliphatic carbocycles. The van der Waals surface area contributed by atoms with Crippen molar-refractivity contribution in [2.24, 2.45) is 5.73 Å². The highest BCUT2D eigenvalue weighted by Gasteiger charge is 2.25. The van der Waals surface area contributed by atoms with Crippen LogP contribution in [0.25, 0.3) is 0 Å². The molecular formula is C18H15FN2O. The van der Waals surface area contributed by atoms with Crippen molar-refractivity contribution >= 4 is 5.91 Å². The van der Waals surface area contributed by atoms with Crippen molar-refractivity contribution in [3.63, 3.8) is 0 Å². The second-order valence-corrected chi connectivity index (χ2v) is 5.38. The van der Waals surface area contributed by atoms with Crippen LogP contribution in [-0.2, 0) is 0 Å². The van der Waals surface area contributed by atoms with E-state index in [0.717, 1.165) is 25.0 Å². The number of aromatic nitrogens is 1. The summed E-state index contributed by atoms with van der Waals surface area (Å²) in [5.74, 6) is 5.31. The molecule has 2 aromatic rings. The van der Waals surface area contributed by atoms with Gasteiger partial charge in [0.25, 0.3) is 5.91 Å². The predicted octanol–water partition coefficient (Wildman–Crippen LogP) is 2.99. The highest BCUT2D eigenvalue weighted by atomic mass is 19.1. The quantitative estimate of drug-likeness (QED) is 0.866. The van der Waals surface area contributed by atoms with Crippen molar-refractivity contribution in [1.82, 2.24) is 4.98 Å². The lowest BCUT2D eigenvalue weighted by atomic mass is 9.81. The molecule has 0 aliphatic heterocycles. The number of nitrogens with two attached hydrogens (primary N) is 1. The Balaban J connectivity index is 1.93. The molecular weight excluding hydrogens is 279 g/mol. The maximum absolute atomic E-state index is 13.1. The summed E-state index contributed by atoms with van der Waals surface area (Å²) in [6.45, 7) is 0. The van der Waals surface area contributed by atoms with E-state index < -0.39 is 5.91 Å². The minimum absolute atomic E-state index is 0.290. The lowest BCUT2D eigenvalue weighted by Gasteiger charge is -2.26. The number of halogens is 1. The van der Waals surface area contributed by atoms with E-state index in [9.17, 15) is 9.18 Å². The monoisotopic (exact) mass is 294 g/mol. The molecule has 1 fully saturated rings. The fourth-order valence-electron chi connectivity index (χ4n) is 2.45. The summed E-state index contributed by atoms with van der Waals surface area (Å²) in [4.78, 5) is 16.0. The number of rotatable bonds is 2. The zero-order valence-electron chi connectivity index (χ0n) is 12.0. The Kier molecular flexibility index (Phi) is 3.88. The highest BCUT2D eigenvalue weighted by molar-refractivity contribution is 5.94. The van der Waals surface area contributed by atoms with Gasteiger partial charge in [0.15, 0.2) is 0 Å². The number of primary amides is 1. The molecule has 0 radical (unpaired) electrons. The molecule has 1 amide bonds. The Labute approximate surface area is 128 Å². The zero-order chi connectivity index (χ0) is 15.5. The number of hydrogen-bond donors (Lipinski definition) is 1. The first-order valence-electron chi connectivity index (χ1n) is 7.22. The van der Waals surface area contributed by atoms with Crippen LogP contribution in [0.3, 0.4) is 0 Å². The molecule has 1 aliphatic rings. The molecule has 3 nitrogen and oxygen atoms in total. The van der Waals surface area contributed by atoms with Crippen molar-refractivity contribution in [3.8, 4) is 11.8 Å². The first-order valence-corrected chi connectivity index (χ1v) is 7.22. The minimum atomic E-state index is -0.459. The van der Waals surface area contributed by atoms with Crippen LogP contribution >= 0.6 is 0 Å². The summed E-state index contributed by atoms with van der Waals surface area (Å²) in [6, 6.07) is 9.45. The third kappa shape index (κ3) is 2.99. The Morgan fingerprint density at radius 1 is 1.23 bits per heavy atom. The number of benzene rings is 1. The van der Waals surface area contributed by atoms with Crippen LogP contribution in [0.15, 0.2) is 36.4 Å². The van der Waals surface area contributed by atoms with Gasteiger partial charge in [0.2, 0.25) is 0 Å². The molecule has 0 unspecified atom stereocenters. The van der Waals surface area contributed by atoms with E-state index in [0.29, 0.717) is 22.7 Å². The van der Waals surface area contributed by atoms with E-state index >= 15 is 0 Å². The molecule has 0 atom stereocenters. The molecule has 110 valence electrons. The van der Waals surface area contributed by atoms with Crippen molar-refractivity contribution in [3.05, 3.63) is 64.7 Å². The van der Waals surface area contributed by atoms with Gasteiger partial charge in [-0.2, -0.15) is 0 Å². The van der Waals surface area contributed by atoms with Gasteiger partial charge in [0.05, 0.1) is 11.3 Å². The van der Waals surface area contributed by atoms with Gasteiger partial charge in [-0.25, -0.2) is 9.37 Å². The van der Waals surface area contributed by atoms with Gasteiger partial charge in [-0.1, -0.05) is 18.4 Å². The molecule has 1 saturated carbocycles. The summed E-state index contributed by atoms with van der Waals surface area (Å²) in [5.41, 5.74) is 7.77. The third-order valence-corrected chi connectivity index (χ3v) is 3.84. The second kappa shape index (κ2) is 5.98. The lowest BCUT2D eigenvalue weighted by Crippen LogP contribution is -2.20. The number of carbonyl (C=O) groups excluding carboxylic acids is 1. The molecule has 4 heteroatoms. The topological polar surface area (TPSA) is 56.0 Å². The third-order valence-electron chi connectivity index (χ3n) is 3.84. The van der Waals surface area contributed by atoms with Gasteiger partial charge in [0, 0.05) is 11.5 Å². The summed E-state index contributed by atoms with van der Waals surface area (Å²) in [6.07, 6.45) is 3.19. The van der Waals surface area contributed by atoms with E-state index in [1.54, 1.807) is 24.3 Å². The molecule has 1 aromatic heterocycles. The largest absolute Gasteiger partial charge is 0.366 e. The van der Waals surface area contributed by atoms with E-state index in [-0.39, 0.29) is 5.82 Å². The van der Waals surface area contributed by atoms with E-state index in [4.69, 9.17) is 5.73 Å². The minimum Gasteiger partial charge on any atom is -0.366 e. The summed E-state index contributed by atoms with van der Waals surface area (Å²) < 4.78 is 13.1. The normalized spacial score (nSPS) is 13.9. The Hall–Kier alpha value is -2.67. The maximum atomic E-state index is 13.1. The average Bonchev–Trinajstić information content (AvgIpc) is 2.43. The number of carbonyl (C=O) groups is 1. The maximum Gasteiger partial charge on any atom is 0.250 e. The average molecular weight is 294 g/mol. The smallest absolute Gasteiger partial charge is 0.250 e. The van der Waals surface area contributed by atoms with Crippen LogP contribution in [0.2, 0.25) is 0 Å². The van der Waals surface area contributed by atoms with Crippen LogP contribution in [0.1, 0.15) is 52.5 Å². The molecule has 22 heavy (non-hydrogen) atoms. The number of nitrogens with zero attached hydrogens (tertiary/aromatic N) is 1. The van der Waals surface area contributed by atoms with E-state index in [2.05, 4.69) is 16.8 Å². The van der Waals surface area contributed by atoms with Gasteiger partial charge < -0.3 is 5.73 Å². The predicted molar refractivity (Wildman–Crippen MR) is 81.7 cm³/mol. The van der Waals surface area contributed by atoms with E-state index in [1.807, 2.05) is 0 Å². The SMILES string of the molecule is NC(=O)c1ccc(C#Cc2cccc(F)c2)nc1C1CCC1. The first-order chi connectivity index (χ1) is 10.6. The molecule has 3 rings (SSSR count). The fourth-order valence-corrected chi connectivity index (χ4v) is 2.45. The molecule has 0 spiro atoms. The number of pyridine rings is 1. The van der Waals surface area contributed by atoms with Crippen LogP contribution in [0.5, 0.6) is 0 Å². The van der Waals surface area contributed by atoms with Crippen LogP contribution in [0, 0.1) is 17.7 Å². The van der Waals surface area contributed by atoms with Crippen LogP contribution < -0.4 is 5.73 Å². The second-order valence-electron chi connectivity index (χ2n) is 5.38. The van der Waals surface area contributed by atoms with Crippen molar-refractivity contribution in [2.75, 3.05) is 0 Å². The molecule has 0 saturated heterocycles. The Bertz CT molecular complexity index is 785. The fraction of sp³-hybridized carbons (Fsp3) is 0.222. The van der Waals surface area contributed by atoms with Gasteiger partial charge in [0.1, 0.15) is 11.5 Å². The Morgan fingerprint density at radius 2 is 2.05 bits per heavy atom. The zero-order valence-corrected chi connectivity index (χ0v) is 12.0. The van der Waals surface area contributed by atoms with Gasteiger partial charge in [-0.3, -0.25) is 4.79 Å². The van der Waals surface area contributed by atoms with Crippen LogP contribution in [0.4, 0.5) is 4.39 Å². The summed E-state index contributed by atoms with van der Waals surface area (Å²) in [7, 11) is 0. The number of amides is 1. The first kappa shape index (κ1) is 14.3. The summed E-state index contributed by atoms with van der Waals surface area (Å²) in [5, 5.41) is 0. The molecule has 1 heterocycles. The van der Waals surface area contributed by atoms with Gasteiger partial charge in [-0.15, -0.1) is 0 Å². The van der Waals surface area contributed by atoms with Crippen molar-refractivity contribution in [2.45, 2.75) is 25.2 Å². The van der Waals surface area contributed by atoms with E-state index in [1.165, 1.54) is 12.1 Å². The highest BCUT2D eigenvalue weighted by Crippen LogP contribution is 2.36. The Morgan fingerprint density at radius 3 is 2.68 bits per heavy atom. The molecule has 2 N–H and O–H groups in total. The van der Waals surface area contributed by atoms with Crippen molar-refractivity contribution in [1.29, 1.82) is 0 Å².